The van der Waals surface area contributed by atoms with E-state index in [0.29, 0.717) is 0 Å². The van der Waals surface area contributed by atoms with Crippen molar-refractivity contribution < 1.29 is 32.2 Å². The van der Waals surface area contributed by atoms with Crippen molar-refractivity contribution >= 4 is 33.5 Å². The van der Waals surface area contributed by atoms with Crippen LogP contribution < -0.4 is 0 Å². The Kier molecular flexibility index (Phi) is 4.86. The third-order valence-electron chi connectivity index (χ3n) is 1.91. The van der Waals surface area contributed by atoms with Crippen LogP contribution in [0.15, 0.2) is 0 Å². The maximum atomic E-state index is 9.96. The Hall–Kier alpha value is 0.588. The first-order valence-corrected chi connectivity index (χ1v) is 15.6. The molecule has 0 aliphatic rings. The number of rotatable bonds is 5. The Morgan fingerprint density at radius 2 is 1.06 bits per heavy atom. The lowest BCUT2D eigenvalue weighted by molar-refractivity contribution is 0.162. The molecule has 7 nitrogen and oxygen atoms in total. The molecule has 0 rings (SSSR count). The summed E-state index contributed by atoms with van der Waals surface area (Å²) in [6.45, 7) is 6.54. The summed E-state index contributed by atoms with van der Waals surface area (Å²) in [6, 6.07) is 0. The van der Waals surface area contributed by atoms with Crippen molar-refractivity contribution in [1.29, 1.82) is 0 Å². The summed E-state index contributed by atoms with van der Waals surface area (Å²) in [7, 11) is -14.2. The fraction of sp³-hybridized carbons (Fsp3) is 1.00. The lowest BCUT2D eigenvalue weighted by Gasteiger charge is -2.36. The molecule has 0 aliphatic carbocycles. The van der Waals surface area contributed by atoms with E-state index >= 15 is 0 Å². The van der Waals surface area contributed by atoms with Gasteiger partial charge in [-0.3, -0.25) is 0 Å². The highest BCUT2D eigenvalue weighted by atomic mass is 29.3. The van der Waals surface area contributed by atoms with Crippen LogP contribution in [0.3, 0.4) is 0 Å². The van der Waals surface area contributed by atoms with E-state index in [1.54, 1.807) is 0 Å². The van der Waals surface area contributed by atoms with Gasteiger partial charge in [-0.15, -0.1) is 0 Å². The van der Waals surface area contributed by atoms with E-state index in [4.69, 9.17) is 13.7 Å². The first-order valence-electron chi connectivity index (χ1n) is 4.68. The van der Waals surface area contributed by atoms with Crippen LogP contribution in [0.25, 0.3) is 0 Å². The van der Waals surface area contributed by atoms with Crippen molar-refractivity contribution in [3.8, 4) is 0 Å². The molecule has 5 N–H and O–H groups in total. The van der Waals surface area contributed by atoms with Gasteiger partial charge in [0.05, 0.1) is 0 Å². The second-order valence-corrected chi connectivity index (χ2v) is 21.4. The molecule has 2 unspecified atom stereocenters. The topological polar surface area (TPSA) is 120 Å². The second kappa shape index (κ2) is 4.69. The Bertz CT molecular complexity index is 242. The van der Waals surface area contributed by atoms with E-state index in [9.17, 15) is 14.4 Å². The van der Waals surface area contributed by atoms with E-state index in [0.717, 1.165) is 6.55 Å². The highest BCUT2D eigenvalue weighted by Gasteiger charge is 2.54. The zero-order valence-electron chi connectivity index (χ0n) is 10.1. The molecule has 0 saturated carbocycles. The van der Waals surface area contributed by atoms with E-state index in [2.05, 4.69) is 4.12 Å². The van der Waals surface area contributed by atoms with Gasteiger partial charge in [0.2, 0.25) is 7.83 Å². The van der Waals surface area contributed by atoms with Gasteiger partial charge < -0.3 is 32.2 Å². The van der Waals surface area contributed by atoms with Gasteiger partial charge in [0, 0.05) is 13.1 Å². The van der Waals surface area contributed by atoms with E-state index in [-0.39, 0.29) is 0 Å². The van der Waals surface area contributed by atoms with Gasteiger partial charge in [0.1, 0.15) is 0 Å². The minimum absolute atomic E-state index is 1.05. The Morgan fingerprint density at radius 1 is 0.688 bits per heavy atom. The van der Waals surface area contributed by atoms with Gasteiger partial charge in [0.15, 0.2) is 0 Å². The Morgan fingerprint density at radius 3 is 1.31 bits per heavy atom. The van der Waals surface area contributed by atoms with Gasteiger partial charge in [-0.25, -0.2) is 0 Å². The van der Waals surface area contributed by atoms with Crippen LogP contribution in [0.2, 0.25) is 32.7 Å². The van der Waals surface area contributed by atoms with Gasteiger partial charge >= 0.3 is 25.7 Å². The molecule has 0 saturated heterocycles. The van der Waals surface area contributed by atoms with Crippen LogP contribution in [-0.2, 0) is 8.23 Å². The van der Waals surface area contributed by atoms with Crippen LogP contribution >= 0.6 is 0 Å². The molecule has 0 spiro atoms. The smallest absolute Gasteiger partial charge is 0.429 e. The highest BCUT2D eigenvalue weighted by molar-refractivity contribution is 7.33. The van der Waals surface area contributed by atoms with Crippen molar-refractivity contribution in [2.24, 2.45) is 0 Å². The molecular weight excluding hydrogens is 284 g/mol. The molecule has 98 valence electrons. The van der Waals surface area contributed by atoms with Crippen molar-refractivity contribution in [3.05, 3.63) is 0 Å². The predicted molar refractivity (Wildman–Crippen MR) is 65.6 cm³/mol. The lowest BCUT2D eigenvalue weighted by Crippen LogP contribution is -2.66. The fourth-order valence-electron chi connectivity index (χ4n) is 0.873. The molecular formula is C5H20O7Si4. The minimum atomic E-state index is -3.92. The lowest BCUT2D eigenvalue weighted by atomic mass is 11.9. The Labute approximate surface area is 98.8 Å². The third-order valence-corrected chi connectivity index (χ3v) is 18.1. The summed E-state index contributed by atoms with van der Waals surface area (Å²) in [4.78, 5) is 47.7. The molecule has 0 aromatic heterocycles. The molecule has 2 atom stereocenters. The van der Waals surface area contributed by atoms with Crippen molar-refractivity contribution in [1.82, 2.24) is 0 Å². The van der Waals surface area contributed by atoms with Crippen molar-refractivity contribution in [2.45, 2.75) is 32.7 Å². The fourth-order valence-corrected chi connectivity index (χ4v) is 12.2. The zero-order valence-corrected chi connectivity index (χ0v) is 14.1. The molecule has 0 aliphatic heterocycles. The van der Waals surface area contributed by atoms with E-state index in [1.807, 2.05) is 0 Å². The molecule has 16 heavy (non-hydrogen) atoms. The average Bonchev–Trinajstić information content (AvgIpc) is 1.72. The van der Waals surface area contributed by atoms with Crippen LogP contribution in [-0.4, -0.2) is 57.5 Å². The number of hydrogen-bond donors (Lipinski definition) is 5. The largest absolute Gasteiger partial charge is 0.484 e. The minimum Gasteiger partial charge on any atom is -0.429 e. The third kappa shape index (κ3) is 5.78. The van der Waals surface area contributed by atoms with Gasteiger partial charge in [-0.1, -0.05) is 0 Å². The molecule has 0 fully saturated rings. The van der Waals surface area contributed by atoms with Crippen LogP contribution in [0.1, 0.15) is 0 Å². The maximum Gasteiger partial charge on any atom is 0.484 e. The number of hydrogen-bond acceptors (Lipinski definition) is 7. The molecule has 0 bridgehead atoms. The maximum absolute atomic E-state index is 9.96. The van der Waals surface area contributed by atoms with E-state index in [1.165, 1.54) is 26.2 Å². The summed E-state index contributed by atoms with van der Waals surface area (Å²) in [6.07, 6.45) is 0. The molecule has 0 radical (unpaired) electrons. The van der Waals surface area contributed by atoms with Crippen molar-refractivity contribution in [3.63, 3.8) is 0 Å². The molecule has 0 amide bonds. The second-order valence-electron chi connectivity index (χ2n) is 4.58. The van der Waals surface area contributed by atoms with Crippen molar-refractivity contribution in [2.75, 3.05) is 0 Å². The standard InChI is InChI=1S/C5H20O7Si4/c1-13(2,6)16(5,10)12-15(4,9)11-14(3,7)8/h6-10H,1-5H3. The van der Waals surface area contributed by atoms with Crippen LogP contribution in [0, 0.1) is 0 Å². The summed E-state index contributed by atoms with van der Waals surface area (Å²) in [5.41, 5.74) is 0. The molecule has 0 aromatic carbocycles. The van der Waals surface area contributed by atoms with Gasteiger partial charge in [-0.05, 0) is 19.6 Å². The molecule has 0 aromatic rings. The zero-order chi connectivity index (χ0) is 13.4. The first kappa shape index (κ1) is 16.6. The first-order chi connectivity index (χ1) is 6.66. The summed E-state index contributed by atoms with van der Waals surface area (Å²) in [5, 5.41) is 0. The predicted octanol–water partition coefficient (Wildman–Crippen LogP) is -1.53. The summed E-state index contributed by atoms with van der Waals surface area (Å²) in [5.74, 6) is 0. The monoisotopic (exact) mass is 304 g/mol. The Balaban J connectivity index is 4.72. The summed E-state index contributed by atoms with van der Waals surface area (Å²) >= 11 is 0. The molecule has 0 heterocycles. The normalized spacial score (nSPS) is 21.4. The summed E-state index contributed by atoms with van der Waals surface area (Å²) < 4.78 is 9.72. The van der Waals surface area contributed by atoms with Gasteiger partial charge in [0.25, 0.3) is 0 Å². The SMILES string of the molecule is C[Si](O)(O)O[Si](C)(O)O[Si](C)(O)[Si](C)(C)O. The van der Waals surface area contributed by atoms with Crippen LogP contribution in [0.5, 0.6) is 0 Å². The van der Waals surface area contributed by atoms with Crippen LogP contribution in [0.4, 0.5) is 0 Å². The van der Waals surface area contributed by atoms with Gasteiger partial charge in [-0.2, -0.15) is 0 Å². The average molecular weight is 305 g/mol. The quantitative estimate of drug-likeness (QED) is 0.391. The highest BCUT2D eigenvalue weighted by Crippen LogP contribution is 2.20. The van der Waals surface area contributed by atoms with E-state index < -0.39 is 33.5 Å². The molecule has 11 heteroatoms.